The van der Waals surface area contributed by atoms with Crippen LogP contribution in [0.1, 0.15) is 12.0 Å². The molecular weight excluding hydrogens is 440 g/mol. The molecule has 4 rings (SSSR count). The molecule has 0 bridgehead atoms. The topological polar surface area (TPSA) is 114 Å². The first-order valence-corrected chi connectivity index (χ1v) is 12.1. The summed E-state index contributed by atoms with van der Waals surface area (Å²) in [5.74, 6) is -0.0349. The first-order valence-electron chi connectivity index (χ1n) is 10.3. The van der Waals surface area contributed by atoms with Crippen LogP contribution in [0.4, 0.5) is 0 Å². The molecule has 0 radical (unpaired) electrons. The molecule has 1 aliphatic heterocycles. The van der Waals surface area contributed by atoms with Gasteiger partial charge in [-0.25, -0.2) is 13.1 Å². The molecule has 1 aliphatic rings. The average molecular weight is 463 g/mol. The highest BCUT2D eigenvalue weighted by Gasteiger charge is 2.29. The maximum atomic E-state index is 12.7. The second-order valence-electron chi connectivity index (χ2n) is 7.69. The standard InChI is InChI=1S/C24H22N4O4S/c1-32-22-9-5-6-17(13-22)23-19(15-28(27-23)21-7-3-2-4-8-21)12-18(14-25)24(29)26-20-10-11-33(30,31)16-20/h2-9,12-13,15,20H,10-11,16H2,1H3,(H,26,29)/b18-12-/t20-/m0/s1. The molecular formula is C24H22N4O4S. The maximum absolute atomic E-state index is 12.7. The Morgan fingerprint density at radius 3 is 2.70 bits per heavy atom. The molecule has 1 aromatic heterocycles. The minimum absolute atomic E-state index is 0.0351. The highest BCUT2D eigenvalue weighted by atomic mass is 32.2. The minimum atomic E-state index is -3.15. The maximum Gasteiger partial charge on any atom is 0.262 e. The van der Waals surface area contributed by atoms with Crippen molar-refractivity contribution < 1.29 is 17.9 Å². The third-order valence-corrected chi connectivity index (χ3v) is 7.11. The van der Waals surface area contributed by atoms with E-state index in [1.54, 1.807) is 18.0 Å². The van der Waals surface area contributed by atoms with Crippen molar-refractivity contribution in [2.75, 3.05) is 18.6 Å². The zero-order chi connectivity index (χ0) is 23.4. The van der Waals surface area contributed by atoms with Gasteiger partial charge in [-0.05, 0) is 36.8 Å². The Labute approximate surface area is 192 Å². The number of carbonyl (C=O) groups is 1. The molecule has 0 aliphatic carbocycles. The van der Waals surface area contributed by atoms with Crippen molar-refractivity contribution in [2.24, 2.45) is 0 Å². The smallest absolute Gasteiger partial charge is 0.262 e. The van der Waals surface area contributed by atoms with Crippen LogP contribution in [0, 0.1) is 11.3 Å². The minimum Gasteiger partial charge on any atom is -0.497 e. The quantitative estimate of drug-likeness (QED) is 0.445. The van der Waals surface area contributed by atoms with E-state index in [1.165, 1.54) is 6.08 Å². The van der Waals surface area contributed by atoms with Gasteiger partial charge in [0.05, 0.1) is 24.3 Å². The summed E-state index contributed by atoms with van der Waals surface area (Å²) < 4.78 is 30.4. The number of aromatic nitrogens is 2. The molecule has 33 heavy (non-hydrogen) atoms. The predicted octanol–water partition coefficient (Wildman–Crippen LogP) is 2.76. The van der Waals surface area contributed by atoms with Gasteiger partial charge in [0.2, 0.25) is 0 Å². The van der Waals surface area contributed by atoms with Gasteiger partial charge < -0.3 is 10.1 Å². The summed E-state index contributed by atoms with van der Waals surface area (Å²) in [6, 6.07) is 18.3. The van der Waals surface area contributed by atoms with Crippen LogP contribution in [-0.2, 0) is 14.6 Å². The Hall–Kier alpha value is -3.90. The van der Waals surface area contributed by atoms with Gasteiger partial charge in [0, 0.05) is 23.4 Å². The first kappa shape index (κ1) is 22.3. The number of hydrogen-bond acceptors (Lipinski definition) is 6. The normalized spacial score (nSPS) is 17.3. The predicted molar refractivity (Wildman–Crippen MR) is 124 cm³/mol. The Morgan fingerprint density at radius 2 is 2.03 bits per heavy atom. The van der Waals surface area contributed by atoms with Crippen LogP contribution in [-0.4, -0.2) is 48.8 Å². The lowest BCUT2D eigenvalue weighted by Crippen LogP contribution is -2.36. The summed E-state index contributed by atoms with van der Waals surface area (Å²) in [6.45, 7) is 0. The number of ether oxygens (including phenoxy) is 1. The Kier molecular flexibility index (Phi) is 6.29. The Bertz CT molecular complexity index is 1350. The molecule has 1 saturated heterocycles. The number of benzene rings is 2. The first-order chi connectivity index (χ1) is 15.9. The lowest BCUT2D eigenvalue weighted by molar-refractivity contribution is -0.117. The van der Waals surface area contributed by atoms with E-state index < -0.39 is 21.8 Å². The molecule has 0 unspecified atom stereocenters. The van der Waals surface area contributed by atoms with Gasteiger partial charge in [-0.2, -0.15) is 10.4 Å². The van der Waals surface area contributed by atoms with Gasteiger partial charge in [-0.1, -0.05) is 30.3 Å². The molecule has 2 aromatic carbocycles. The third-order valence-electron chi connectivity index (χ3n) is 5.34. The number of para-hydroxylation sites is 1. The summed E-state index contributed by atoms with van der Waals surface area (Å²) >= 11 is 0. The lowest BCUT2D eigenvalue weighted by Gasteiger charge is -2.10. The van der Waals surface area contributed by atoms with E-state index in [-0.39, 0.29) is 17.1 Å². The molecule has 8 nitrogen and oxygen atoms in total. The Balaban J connectivity index is 1.72. The van der Waals surface area contributed by atoms with E-state index in [9.17, 15) is 18.5 Å². The van der Waals surface area contributed by atoms with Gasteiger partial charge in [0.25, 0.3) is 5.91 Å². The summed E-state index contributed by atoms with van der Waals surface area (Å²) in [7, 11) is -1.58. The molecule has 0 spiro atoms. The van der Waals surface area contributed by atoms with Crippen molar-refractivity contribution in [3.8, 4) is 28.8 Å². The van der Waals surface area contributed by atoms with E-state index in [4.69, 9.17) is 9.84 Å². The molecule has 9 heteroatoms. The number of nitriles is 1. The fourth-order valence-electron chi connectivity index (χ4n) is 3.68. The average Bonchev–Trinajstić information content (AvgIpc) is 3.40. The number of sulfone groups is 1. The van der Waals surface area contributed by atoms with Crippen molar-refractivity contribution >= 4 is 21.8 Å². The number of carbonyl (C=O) groups excluding carboxylic acids is 1. The fraction of sp³-hybridized carbons (Fsp3) is 0.208. The Morgan fingerprint density at radius 1 is 1.24 bits per heavy atom. The SMILES string of the molecule is COc1cccc(-c2nn(-c3ccccc3)cc2/C=C(/C#N)C(=O)N[C@H]2CCS(=O)(=O)C2)c1. The molecule has 1 amide bonds. The number of amides is 1. The van der Waals surface area contributed by atoms with Crippen LogP contribution in [0.15, 0.2) is 66.4 Å². The van der Waals surface area contributed by atoms with Crippen molar-refractivity contribution in [3.05, 3.63) is 71.9 Å². The van der Waals surface area contributed by atoms with Gasteiger partial charge in [0.15, 0.2) is 9.84 Å². The number of hydrogen-bond donors (Lipinski definition) is 1. The second-order valence-corrected chi connectivity index (χ2v) is 9.92. The number of nitrogens with one attached hydrogen (secondary N) is 1. The number of rotatable bonds is 6. The van der Waals surface area contributed by atoms with Crippen LogP contribution in [0.25, 0.3) is 23.0 Å². The number of methoxy groups -OCH3 is 1. The van der Waals surface area contributed by atoms with Gasteiger partial charge in [-0.15, -0.1) is 0 Å². The summed E-state index contributed by atoms with van der Waals surface area (Å²) in [5, 5.41) is 17.0. The fourth-order valence-corrected chi connectivity index (χ4v) is 5.35. The van der Waals surface area contributed by atoms with E-state index in [2.05, 4.69) is 5.32 Å². The van der Waals surface area contributed by atoms with Crippen LogP contribution in [0.2, 0.25) is 0 Å². The molecule has 1 N–H and O–H groups in total. The highest BCUT2D eigenvalue weighted by molar-refractivity contribution is 7.91. The molecule has 2 heterocycles. The monoisotopic (exact) mass is 462 g/mol. The zero-order valence-electron chi connectivity index (χ0n) is 17.9. The van der Waals surface area contributed by atoms with Crippen LogP contribution < -0.4 is 10.1 Å². The van der Waals surface area contributed by atoms with Crippen molar-refractivity contribution in [1.29, 1.82) is 5.26 Å². The van der Waals surface area contributed by atoms with Crippen LogP contribution in [0.5, 0.6) is 5.75 Å². The van der Waals surface area contributed by atoms with Gasteiger partial charge in [-0.3, -0.25) is 4.79 Å². The molecule has 3 aromatic rings. The van der Waals surface area contributed by atoms with Crippen molar-refractivity contribution in [2.45, 2.75) is 12.5 Å². The summed E-state index contributed by atoms with van der Waals surface area (Å²) in [6.07, 6.45) is 3.56. The largest absolute Gasteiger partial charge is 0.497 e. The van der Waals surface area contributed by atoms with Crippen molar-refractivity contribution in [3.63, 3.8) is 0 Å². The summed E-state index contributed by atoms with van der Waals surface area (Å²) in [4.78, 5) is 12.7. The van der Waals surface area contributed by atoms with Gasteiger partial charge >= 0.3 is 0 Å². The van der Waals surface area contributed by atoms with E-state index >= 15 is 0 Å². The highest BCUT2D eigenvalue weighted by Crippen LogP contribution is 2.28. The molecule has 0 saturated carbocycles. The third kappa shape index (κ3) is 5.13. The zero-order valence-corrected chi connectivity index (χ0v) is 18.7. The van der Waals surface area contributed by atoms with Gasteiger partial charge in [0.1, 0.15) is 23.1 Å². The van der Waals surface area contributed by atoms with E-state index in [0.29, 0.717) is 23.4 Å². The van der Waals surface area contributed by atoms with Crippen LogP contribution >= 0.6 is 0 Å². The van der Waals surface area contributed by atoms with E-state index in [0.717, 1.165) is 11.3 Å². The van der Waals surface area contributed by atoms with Crippen LogP contribution in [0.3, 0.4) is 0 Å². The number of nitrogens with zero attached hydrogens (tertiary/aromatic N) is 3. The van der Waals surface area contributed by atoms with E-state index in [1.807, 2.05) is 60.7 Å². The molecule has 1 fully saturated rings. The molecule has 168 valence electrons. The van der Waals surface area contributed by atoms with Crippen molar-refractivity contribution in [1.82, 2.24) is 15.1 Å². The lowest BCUT2D eigenvalue weighted by atomic mass is 10.1. The second kappa shape index (κ2) is 9.30. The summed E-state index contributed by atoms with van der Waals surface area (Å²) in [5.41, 5.74) is 2.59. The molecule has 1 atom stereocenters.